The molecular weight excluding hydrogens is 344 g/mol. The molecule has 1 saturated heterocycles. The second kappa shape index (κ2) is 7.70. The minimum atomic E-state index is -0.556. The van der Waals surface area contributed by atoms with Gasteiger partial charge in [-0.25, -0.2) is 0 Å². The third kappa shape index (κ3) is 3.60. The quantitative estimate of drug-likeness (QED) is 0.833. The van der Waals surface area contributed by atoms with E-state index in [2.05, 4.69) is 0 Å². The van der Waals surface area contributed by atoms with Crippen molar-refractivity contribution in [1.29, 1.82) is 0 Å². The minimum absolute atomic E-state index is 0.128. The molecule has 2 amide bonds. The number of ether oxygens (including phenoxy) is 2. The van der Waals surface area contributed by atoms with E-state index in [1.54, 1.807) is 61.3 Å². The van der Waals surface area contributed by atoms with E-state index < -0.39 is 6.04 Å². The first kappa shape index (κ1) is 18.8. The van der Waals surface area contributed by atoms with E-state index in [0.29, 0.717) is 35.8 Å². The molecule has 0 aromatic heterocycles. The number of anilines is 1. The third-order valence-corrected chi connectivity index (χ3v) is 4.89. The van der Waals surface area contributed by atoms with Crippen molar-refractivity contribution in [3.8, 4) is 11.5 Å². The average molecular weight is 368 g/mol. The summed E-state index contributed by atoms with van der Waals surface area (Å²) in [4.78, 5) is 29.1. The summed E-state index contributed by atoms with van der Waals surface area (Å²) in [6, 6.07) is 12.2. The third-order valence-electron chi connectivity index (χ3n) is 4.89. The molecule has 3 rings (SSSR count). The fourth-order valence-electron chi connectivity index (χ4n) is 3.26. The summed E-state index contributed by atoms with van der Waals surface area (Å²) in [5.41, 5.74) is 2.36. The van der Waals surface area contributed by atoms with E-state index >= 15 is 0 Å². The van der Waals surface area contributed by atoms with E-state index in [4.69, 9.17) is 9.47 Å². The van der Waals surface area contributed by atoms with Crippen molar-refractivity contribution in [2.75, 3.05) is 32.2 Å². The Balaban J connectivity index is 1.82. The van der Waals surface area contributed by atoms with Crippen LogP contribution in [0.2, 0.25) is 0 Å². The molecule has 0 aliphatic carbocycles. The molecule has 0 unspecified atom stereocenters. The van der Waals surface area contributed by atoms with Crippen LogP contribution in [0.15, 0.2) is 42.5 Å². The number of aryl methyl sites for hydroxylation is 1. The second-order valence-corrected chi connectivity index (χ2v) is 6.57. The van der Waals surface area contributed by atoms with Gasteiger partial charge in [0.05, 0.1) is 19.9 Å². The summed E-state index contributed by atoms with van der Waals surface area (Å²) in [7, 11) is 3.14. The normalized spacial score (nSPS) is 17.0. The molecule has 1 atom stereocenters. The van der Waals surface area contributed by atoms with E-state index in [1.807, 2.05) is 19.1 Å². The summed E-state index contributed by atoms with van der Waals surface area (Å²) < 4.78 is 10.6. The number of rotatable bonds is 4. The average Bonchev–Trinajstić information content (AvgIpc) is 2.69. The zero-order valence-electron chi connectivity index (χ0n) is 16.1. The molecule has 27 heavy (non-hydrogen) atoms. The molecule has 142 valence electrons. The fraction of sp³-hybridized carbons (Fsp3) is 0.333. The molecule has 1 fully saturated rings. The molecule has 6 heteroatoms. The number of hydrogen-bond donors (Lipinski definition) is 0. The number of hydrogen-bond acceptors (Lipinski definition) is 4. The molecule has 6 nitrogen and oxygen atoms in total. The van der Waals surface area contributed by atoms with Crippen LogP contribution in [0.3, 0.4) is 0 Å². The summed E-state index contributed by atoms with van der Waals surface area (Å²) in [5.74, 6) is 0.958. The van der Waals surface area contributed by atoms with Crippen LogP contribution in [-0.4, -0.2) is 50.1 Å². The standard InChI is InChI=1S/C21H24N2O4/c1-14-5-7-16(8-6-14)21(25)22-11-12-23(20(24)15(22)2)18-10-9-17(26-3)13-19(18)27-4/h5-10,13,15H,11-12H2,1-4H3/t15-/m1/s1. The minimum Gasteiger partial charge on any atom is -0.497 e. The van der Waals surface area contributed by atoms with Gasteiger partial charge in [0, 0.05) is 24.7 Å². The fourth-order valence-corrected chi connectivity index (χ4v) is 3.26. The van der Waals surface area contributed by atoms with Gasteiger partial charge < -0.3 is 19.3 Å². The topological polar surface area (TPSA) is 59.1 Å². The first-order valence-corrected chi connectivity index (χ1v) is 8.87. The first-order valence-electron chi connectivity index (χ1n) is 8.87. The highest BCUT2D eigenvalue weighted by atomic mass is 16.5. The molecule has 2 aromatic rings. The molecule has 0 spiro atoms. The van der Waals surface area contributed by atoms with Crippen LogP contribution in [0, 0.1) is 6.92 Å². The number of piperazine rings is 1. The van der Waals surface area contributed by atoms with E-state index in [-0.39, 0.29) is 11.8 Å². The van der Waals surface area contributed by atoms with Gasteiger partial charge in [-0.3, -0.25) is 9.59 Å². The Bertz CT molecular complexity index is 848. The monoisotopic (exact) mass is 368 g/mol. The lowest BCUT2D eigenvalue weighted by atomic mass is 10.1. The Morgan fingerprint density at radius 2 is 1.74 bits per heavy atom. The van der Waals surface area contributed by atoms with Gasteiger partial charge in [-0.15, -0.1) is 0 Å². The Labute approximate surface area is 159 Å². The molecule has 1 heterocycles. The van der Waals surface area contributed by atoms with Crippen molar-refractivity contribution in [2.24, 2.45) is 0 Å². The van der Waals surface area contributed by atoms with Gasteiger partial charge in [0.1, 0.15) is 17.5 Å². The van der Waals surface area contributed by atoms with Gasteiger partial charge in [-0.1, -0.05) is 17.7 Å². The number of nitrogens with zero attached hydrogens (tertiary/aromatic N) is 2. The van der Waals surface area contributed by atoms with Crippen LogP contribution >= 0.6 is 0 Å². The Morgan fingerprint density at radius 3 is 2.37 bits per heavy atom. The molecular formula is C21H24N2O4. The Morgan fingerprint density at radius 1 is 1.04 bits per heavy atom. The van der Waals surface area contributed by atoms with Gasteiger partial charge in [-0.2, -0.15) is 0 Å². The molecule has 0 saturated carbocycles. The van der Waals surface area contributed by atoms with Gasteiger partial charge >= 0.3 is 0 Å². The number of amides is 2. The van der Waals surface area contributed by atoms with Gasteiger partial charge in [-0.05, 0) is 38.1 Å². The maximum atomic E-state index is 13.0. The smallest absolute Gasteiger partial charge is 0.254 e. The van der Waals surface area contributed by atoms with Crippen molar-refractivity contribution in [1.82, 2.24) is 4.90 Å². The highest BCUT2D eigenvalue weighted by molar-refractivity contribution is 6.04. The van der Waals surface area contributed by atoms with E-state index in [0.717, 1.165) is 5.56 Å². The Hall–Kier alpha value is -3.02. The van der Waals surface area contributed by atoms with Crippen LogP contribution in [-0.2, 0) is 4.79 Å². The van der Waals surface area contributed by atoms with Crippen LogP contribution in [0.5, 0.6) is 11.5 Å². The lowest BCUT2D eigenvalue weighted by Gasteiger charge is -2.39. The summed E-state index contributed by atoms with van der Waals surface area (Å²) >= 11 is 0. The largest absolute Gasteiger partial charge is 0.497 e. The van der Waals surface area contributed by atoms with Crippen molar-refractivity contribution in [3.05, 3.63) is 53.6 Å². The van der Waals surface area contributed by atoms with Crippen LogP contribution in [0.25, 0.3) is 0 Å². The van der Waals surface area contributed by atoms with Gasteiger partial charge in [0.2, 0.25) is 5.91 Å². The van der Waals surface area contributed by atoms with Gasteiger partial charge in [0.25, 0.3) is 5.91 Å². The number of carbonyl (C=O) groups excluding carboxylic acids is 2. The maximum absolute atomic E-state index is 13.0. The van der Waals surface area contributed by atoms with E-state index in [9.17, 15) is 9.59 Å². The molecule has 2 aromatic carbocycles. The van der Waals surface area contributed by atoms with E-state index in [1.165, 1.54) is 0 Å². The lowest BCUT2D eigenvalue weighted by Crippen LogP contribution is -2.57. The zero-order valence-corrected chi connectivity index (χ0v) is 16.1. The first-order chi connectivity index (χ1) is 13.0. The Kier molecular flexibility index (Phi) is 5.35. The van der Waals surface area contributed by atoms with Crippen molar-refractivity contribution >= 4 is 17.5 Å². The van der Waals surface area contributed by atoms with Crippen molar-refractivity contribution in [2.45, 2.75) is 19.9 Å². The van der Waals surface area contributed by atoms with Crippen molar-refractivity contribution in [3.63, 3.8) is 0 Å². The maximum Gasteiger partial charge on any atom is 0.254 e. The number of benzene rings is 2. The predicted octanol–water partition coefficient (Wildman–Crippen LogP) is 2.89. The molecule has 0 N–H and O–H groups in total. The van der Waals surface area contributed by atoms with Gasteiger partial charge in [0.15, 0.2) is 0 Å². The highest BCUT2D eigenvalue weighted by Gasteiger charge is 2.36. The van der Waals surface area contributed by atoms with Crippen LogP contribution < -0.4 is 14.4 Å². The summed E-state index contributed by atoms with van der Waals surface area (Å²) in [6.07, 6.45) is 0. The lowest BCUT2D eigenvalue weighted by molar-refractivity contribution is -0.124. The second-order valence-electron chi connectivity index (χ2n) is 6.57. The molecule has 1 aliphatic rings. The predicted molar refractivity (Wildman–Crippen MR) is 104 cm³/mol. The molecule has 0 bridgehead atoms. The highest BCUT2D eigenvalue weighted by Crippen LogP contribution is 2.34. The number of carbonyl (C=O) groups is 2. The van der Waals surface area contributed by atoms with Crippen LogP contribution in [0.1, 0.15) is 22.8 Å². The summed E-state index contributed by atoms with van der Waals surface area (Å²) in [5, 5.41) is 0. The van der Waals surface area contributed by atoms with Crippen LogP contribution in [0.4, 0.5) is 5.69 Å². The molecule has 1 aliphatic heterocycles. The number of methoxy groups -OCH3 is 2. The van der Waals surface area contributed by atoms with Crippen molar-refractivity contribution < 1.29 is 19.1 Å². The summed E-state index contributed by atoms with van der Waals surface area (Å²) in [6.45, 7) is 4.59. The zero-order chi connectivity index (χ0) is 19.6. The molecule has 0 radical (unpaired) electrons. The SMILES string of the molecule is COc1ccc(N2CCN(C(=O)c3ccc(C)cc3)[C@H](C)C2=O)c(OC)c1.